The lowest BCUT2D eigenvalue weighted by atomic mass is 10.3. The predicted octanol–water partition coefficient (Wildman–Crippen LogP) is 1.77. The number of carbonyl (C=O) groups excluding carboxylic acids is 1. The van der Waals surface area contributed by atoms with Crippen LogP contribution in [0.3, 0.4) is 0 Å². The van der Waals surface area contributed by atoms with Crippen LogP contribution in [-0.4, -0.2) is 16.2 Å². The predicted molar refractivity (Wildman–Crippen MR) is 53.4 cm³/mol. The molecule has 0 saturated carbocycles. The Bertz CT molecular complexity index is 507. The molecule has 1 aromatic carbocycles. The minimum Gasteiger partial charge on any atom is -0.320 e. The third-order valence-electron chi connectivity index (χ3n) is 1.97. The summed E-state index contributed by atoms with van der Waals surface area (Å²) in [6, 6.07) is 5.42. The van der Waals surface area contributed by atoms with E-state index in [1.54, 1.807) is 6.92 Å². The SMILES string of the molecule is Cc1nonc1C(=O)Nc1ccc(F)cc1. The molecule has 0 unspecified atom stereocenters. The number of nitrogens with zero attached hydrogens (tertiary/aromatic N) is 2. The number of hydrogen-bond donors (Lipinski definition) is 1. The molecule has 1 aromatic heterocycles. The van der Waals surface area contributed by atoms with Gasteiger partial charge in [0.15, 0.2) is 5.69 Å². The highest BCUT2D eigenvalue weighted by atomic mass is 19.1. The van der Waals surface area contributed by atoms with E-state index in [1.807, 2.05) is 0 Å². The standard InChI is InChI=1S/C10H8FN3O2/c1-6-9(14-16-13-6)10(15)12-8-4-2-7(11)3-5-8/h2-5H,1H3,(H,12,15). The number of carbonyl (C=O) groups is 1. The van der Waals surface area contributed by atoms with Gasteiger partial charge in [-0.1, -0.05) is 5.16 Å². The normalized spacial score (nSPS) is 10.1. The van der Waals surface area contributed by atoms with Crippen LogP contribution in [0.1, 0.15) is 16.2 Å². The Morgan fingerprint density at radius 1 is 1.31 bits per heavy atom. The fraction of sp³-hybridized carbons (Fsp3) is 0.100. The molecule has 1 N–H and O–H groups in total. The summed E-state index contributed by atoms with van der Waals surface area (Å²) in [5.74, 6) is -0.803. The van der Waals surface area contributed by atoms with Crippen molar-refractivity contribution in [2.24, 2.45) is 0 Å². The first-order valence-corrected chi connectivity index (χ1v) is 4.53. The van der Waals surface area contributed by atoms with Crippen LogP contribution in [0.4, 0.5) is 10.1 Å². The van der Waals surface area contributed by atoms with E-state index in [4.69, 9.17) is 0 Å². The molecule has 82 valence electrons. The van der Waals surface area contributed by atoms with Crippen molar-refractivity contribution in [3.8, 4) is 0 Å². The molecule has 0 atom stereocenters. The topological polar surface area (TPSA) is 68.0 Å². The maximum absolute atomic E-state index is 12.6. The van der Waals surface area contributed by atoms with Crippen molar-refractivity contribution >= 4 is 11.6 Å². The molecule has 0 fully saturated rings. The molecule has 1 heterocycles. The lowest BCUT2D eigenvalue weighted by molar-refractivity contribution is 0.101. The molecule has 0 spiro atoms. The molecule has 0 aliphatic heterocycles. The van der Waals surface area contributed by atoms with Gasteiger partial charge in [0.1, 0.15) is 11.5 Å². The average Bonchev–Trinajstić information content (AvgIpc) is 2.68. The number of aryl methyl sites for hydroxylation is 1. The maximum Gasteiger partial charge on any atom is 0.279 e. The van der Waals surface area contributed by atoms with E-state index in [0.717, 1.165) is 0 Å². The maximum atomic E-state index is 12.6. The van der Waals surface area contributed by atoms with Crippen LogP contribution in [0.15, 0.2) is 28.9 Å². The molecule has 0 aliphatic rings. The van der Waals surface area contributed by atoms with Crippen molar-refractivity contribution in [2.75, 3.05) is 5.32 Å². The van der Waals surface area contributed by atoms with Gasteiger partial charge in [0.2, 0.25) is 0 Å². The minimum atomic E-state index is -0.439. The molecule has 2 rings (SSSR count). The molecule has 6 heteroatoms. The van der Waals surface area contributed by atoms with Crippen molar-refractivity contribution in [3.05, 3.63) is 41.5 Å². The lowest BCUT2D eigenvalue weighted by Crippen LogP contribution is -2.13. The van der Waals surface area contributed by atoms with Crippen LogP contribution in [0.25, 0.3) is 0 Å². The quantitative estimate of drug-likeness (QED) is 0.839. The molecular formula is C10H8FN3O2. The second-order valence-corrected chi connectivity index (χ2v) is 3.16. The van der Waals surface area contributed by atoms with Crippen LogP contribution in [0.2, 0.25) is 0 Å². The van der Waals surface area contributed by atoms with Gasteiger partial charge in [-0.3, -0.25) is 4.79 Å². The third-order valence-corrected chi connectivity index (χ3v) is 1.97. The first kappa shape index (κ1) is 10.3. The number of aromatic nitrogens is 2. The van der Waals surface area contributed by atoms with E-state index in [-0.39, 0.29) is 11.5 Å². The first-order valence-electron chi connectivity index (χ1n) is 4.53. The summed E-state index contributed by atoms with van der Waals surface area (Å²) in [7, 11) is 0. The van der Waals surface area contributed by atoms with E-state index in [2.05, 4.69) is 20.3 Å². The highest BCUT2D eigenvalue weighted by Crippen LogP contribution is 2.10. The van der Waals surface area contributed by atoms with E-state index in [1.165, 1.54) is 24.3 Å². The number of hydrogen-bond acceptors (Lipinski definition) is 4. The molecule has 0 radical (unpaired) electrons. The van der Waals surface area contributed by atoms with Gasteiger partial charge in [-0.05, 0) is 36.3 Å². The number of benzene rings is 1. The molecule has 0 aliphatic carbocycles. The Morgan fingerprint density at radius 3 is 2.56 bits per heavy atom. The summed E-state index contributed by atoms with van der Waals surface area (Å²) < 4.78 is 17.0. The Morgan fingerprint density at radius 2 is 2.00 bits per heavy atom. The molecule has 2 aromatic rings. The van der Waals surface area contributed by atoms with Gasteiger partial charge in [0.05, 0.1) is 0 Å². The van der Waals surface area contributed by atoms with Gasteiger partial charge in [-0.25, -0.2) is 9.02 Å². The zero-order chi connectivity index (χ0) is 11.5. The first-order chi connectivity index (χ1) is 7.66. The van der Waals surface area contributed by atoms with Crippen LogP contribution in [0, 0.1) is 12.7 Å². The van der Waals surface area contributed by atoms with E-state index in [0.29, 0.717) is 11.4 Å². The Kier molecular flexibility index (Phi) is 2.63. The zero-order valence-corrected chi connectivity index (χ0v) is 8.40. The Balaban J connectivity index is 2.14. The smallest absolute Gasteiger partial charge is 0.279 e. The fourth-order valence-corrected chi connectivity index (χ4v) is 1.16. The highest BCUT2D eigenvalue weighted by molar-refractivity contribution is 6.03. The van der Waals surface area contributed by atoms with Gasteiger partial charge in [0.25, 0.3) is 5.91 Å². The number of halogens is 1. The molecule has 5 nitrogen and oxygen atoms in total. The fourth-order valence-electron chi connectivity index (χ4n) is 1.16. The van der Waals surface area contributed by atoms with Gasteiger partial charge < -0.3 is 5.32 Å². The average molecular weight is 221 g/mol. The second kappa shape index (κ2) is 4.09. The lowest BCUT2D eigenvalue weighted by Gasteiger charge is -2.01. The van der Waals surface area contributed by atoms with E-state index in [9.17, 15) is 9.18 Å². The number of anilines is 1. The molecule has 16 heavy (non-hydrogen) atoms. The van der Waals surface area contributed by atoms with Crippen molar-refractivity contribution in [1.82, 2.24) is 10.3 Å². The van der Waals surface area contributed by atoms with Crippen LogP contribution in [-0.2, 0) is 0 Å². The Hall–Kier alpha value is -2.24. The van der Waals surface area contributed by atoms with Crippen LogP contribution < -0.4 is 5.32 Å². The molecule has 0 saturated heterocycles. The van der Waals surface area contributed by atoms with Gasteiger partial charge in [0, 0.05) is 5.69 Å². The zero-order valence-electron chi connectivity index (χ0n) is 8.40. The summed E-state index contributed by atoms with van der Waals surface area (Å²) in [6.07, 6.45) is 0. The molecular weight excluding hydrogens is 213 g/mol. The summed E-state index contributed by atoms with van der Waals surface area (Å²) in [6.45, 7) is 1.61. The monoisotopic (exact) mass is 221 g/mol. The number of rotatable bonds is 2. The third kappa shape index (κ3) is 2.05. The second-order valence-electron chi connectivity index (χ2n) is 3.16. The Labute approximate surface area is 90.2 Å². The van der Waals surface area contributed by atoms with E-state index < -0.39 is 5.91 Å². The van der Waals surface area contributed by atoms with Gasteiger partial charge in [-0.15, -0.1) is 0 Å². The van der Waals surface area contributed by atoms with Crippen molar-refractivity contribution in [1.29, 1.82) is 0 Å². The van der Waals surface area contributed by atoms with Crippen LogP contribution >= 0.6 is 0 Å². The summed E-state index contributed by atoms with van der Waals surface area (Å²) in [5, 5.41) is 9.49. The van der Waals surface area contributed by atoms with Crippen molar-refractivity contribution < 1.29 is 13.8 Å². The molecule has 1 amide bonds. The summed E-state index contributed by atoms with van der Waals surface area (Å²) in [5.41, 5.74) is 0.998. The largest absolute Gasteiger partial charge is 0.320 e. The minimum absolute atomic E-state index is 0.115. The summed E-state index contributed by atoms with van der Waals surface area (Å²) in [4.78, 5) is 11.6. The number of amides is 1. The highest BCUT2D eigenvalue weighted by Gasteiger charge is 2.14. The van der Waals surface area contributed by atoms with Crippen molar-refractivity contribution in [3.63, 3.8) is 0 Å². The van der Waals surface area contributed by atoms with Gasteiger partial charge in [-0.2, -0.15) is 0 Å². The summed E-state index contributed by atoms with van der Waals surface area (Å²) >= 11 is 0. The van der Waals surface area contributed by atoms with E-state index >= 15 is 0 Å². The van der Waals surface area contributed by atoms with Crippen LogP contribution in [0.5, 0.6) is 0 Å². The number of nitrogens with one attached hydrogen (secondary N) is 1. The molecule has 0 bridgehead atoms. The van der Waals surface area contributed by atoms with Gasteiger partial charge >= 0.3 is 0 Å². The van der Waals surface area contributed by atoms with Crippen molar-refractivity contribution in [2.45, 2.75) is 6.92 Å².